The van der Waals surface area contributed by atoms with Crippen LogP contribution in [0.5, 0.6) is 0 Å². The summed E-state index contributed by atoms with van der Waals surface area (Å²) in [5.74, 6) is 0. The quantitative estimate of drug-likeness (QED) is 0.911. The van der Waals surface area contributed by atoms with Gasteiger partial charge < -0.3 is 10.2 Å². The van der Waals surface area contributed by atoms with E-state index in [1.807, 2.05) is 0 Å². The first-order valence-electron chi connectivity index (χ1n) is 7.51. The highest BCUT2D eigenvalue weighted by Gasteiger charge is 2.20. The van der Waals surface area contributed by atoms with Crippen LogP contribution in [-0.4, -0.2) is 25.7 Å². The lowest BCUT2D eigenvalue weighted by Crippen LogP contribution is -2.51. The number of anilines is 1. The first kappa shape index (κ1) is 14.6. The van der Waals surface area contributed by atoms with Gasteiger partial charge in [-0.05, 0) is 36.6 Å². The van der Waals surface area contributed by atoms with Crippen molar-refractivity contribution in [3.8, 4) is 0 Å². The lowest BCUT2D eigenvalue weighted by atomic mass is 10.0. The lowest BCUT2D eigenvalue weighted by Gasteiger charge is -2.36. The van der Waals surface area contributed by atoms with Crippen molar-refractivity contribution >= 4 is 21.6 Å². The standard InChI is InChI=1S/C18H21BrN2/c1-14-7-8-16(19)12-18(14)21-10-9-20-17(13-21)11-15-5-3-2-4-6-15/h2-8,12,17,20H,9-11,13H2,1H3. The van der Waals surface area contributed by atoms with Crippen LogP contribution in [0, 0.1) is 6.92 Å². The van der Waals surface area contributed by atoms with Crippen LogP contribution >= 0.6 is 15.9 Å². The van der Waals surface area contributed by atoms with E-state index in [9.17, 15) is 0 Å². The van der Waals surface area contributed by atoms with Crippen molar-refractivity contribution in [3.05, 3.63) is 64.1 Å². The van der Waals surface area contributed by atoms with Crippen LogP contribution in [0.4, 0.5) is 5.69 Å². The molecule has 0 bridgehead atoms. The van der Waals surface area contributed by atoms with Gasteiger partial charge in [-0.25, -0.2) is 0 Å². The molecule has 2 aromatic rings. The van der Waals surface area contributed by atoms with Gasteiger partial charge in [0, 0.05) is 35.8 Å². The van der Waals surface area contributed by atoms with Crippen LogP contribution < -0.4 is 10.2 Å². The van der Waals surface area contributed by atoms with E-state index in [1.165, 1.54) is 16.8 Å². The molecule has 1 N–H and O–H groups in total. The van der Waals surface area contributed by atoms with E-state index >= 15 is 0 Å². The highest BCUT2D eigenvalue weighted by molar-refractivity contribution is 9.10. The molecule has 1 heterocycles. The molecule has 110 valence electrons. The van der Waals surface area contributed by atoms with Gasteiger partial charge in [-0.3, -0.25) is 0 Å². The van der Waals surface area contributed by atoms with E-state index in [1.54, 1.807) is 0 Å². The zero-order chi connectivity index (χ0) is 14.7. The topological polar surface area (TPSA) is 15.3 Å². The fourth-order valence-electron chi connectivity index (χ4n) is 3.00. The normalized spacial score (nSPS) is 18.8. The molecule has 2 nitrogen and oxygen atoms in total. The SMILES string of the molecule is Cc1ccc(Br)cc1N1CCNC(Cc2ccccc2)C1. The van der Waals surface area contributed by atoms with Crippen molar-refractivity contribution in [1.29, 1.82) is 0 Å². The number of aryl methyl sites for hydroxylation is 1. The molecule has 0 amide bonds. The monoisotopic (exact) mass is 344 g/mol. The van der Waals surface area contributed by atoms with Crippen molar-refractivity contribution in [1.82, 2.24) is 5.32 Å². The van der Waals surface area contributed by atoms with Gasteiger partial charge in [0.2, 0.25) is 0 Å². The number of nitrogens with one attached hydrogen (secondary N) is 1. The van der Waals surface area contributed by atoms with Crippen LogP contribution in [0.25, 0.3) is 0 Å². The number of hydrogen-bond donors (Lipinski definition) is 1. The van der Waals surface area contributed by atoms with Gasteiger partial charge in [0.05, 0.1) is 0 Å². The Labute approximate surface area is 135 Å². The summed E-state index contributed by atoms with van der Waals surface area (Å²) >= 11 is 3.59. The zero-order valence-corrected chi connectivity index (χ0v) is 13.9. The average Bonchev–Trinajstić information content (AvgIpc) is 2.51. The second-order valence-electron chi connectivity index (χ2n) is 5.72. The summed E-state index contributed by atoms with van der Waals surface area (Å²) in [6, 6.07) is 17.8. The molecular weight excluding hydrogens is 324 g/mol. The van der Waals surface area contributed by atoms with Crippen molar-refractivity contribution < 1.29 is 0 Å². The van der Waals surface area contributed by atoms with E-state index in [4.69, 9.17) is 0 Å². The fourth-order valence-corrected chi connectivity index (χ4v) is 3.35. The maximum Gasteiger partial charge on any atom is 0.0408 e. The molecule has 1 aliphatic heterocycles. The van der Waals surface area contributed by atoms with E-state index in [0.29, 0.717) is 6.04 Å². The molecule has 1 aliphatic rings. The summed E-state index contributed by atoms with van der Waals surface area (Å²) in [6.07, 6.45) is 1.09. The third-order valence-electron chi connectivity index (χ3n) is 4.09. The Kier molecular flexibility index (Phi) is 4.61. The number of benzene rings is 2. The molecule has 1 atom stereocenters. The molecule has 1 fully saturated rings. The third kappa shape index (κ3) is 3.66. The molecule has 1 saturated heterocycles. The maximum atomic E-state index is 3.65. The first-order chi connectivity index (χ1) is 10.2. The van der Waals surface area contributed by atoms with Crippen molar-refractivity contribution in [2.75, 3.05) is 24.5 Å². The van der Waals surface area contributed by atoms with Gasteiger partial charge >= 0.3 is 0 Å². The van der Waals surface area contributed by atoms with Gasteiger partial charge in [0.1, 0.15) is 0 Å². The molecule has 1 unspecified atom stereocenters. The van der Waals surface area contributed by atoms with E-state index in [-0.39, 0.29) is 0 Å². The van der Waals surface area contributed by atoms with E-state index in [0.717, 1.165) is 30.5 Å². The van der Waals surface area contributed by atoms with Crippen molar-refractivity contribution in [3.63, 3.8) is 0 Å². The summed E-state index contributed by atoms with van der Waals surface area (Å²) in [4.78, 5) is 2.50. The van der Waals surface area contributed by atoms with Crippen LogP contribution in [0.2, 0.25) is 0 Å². The van der Waals surface area contributed by atoms with E-state index in [2.05, 4.69) is 81.6 Å². The fraction of sp³-hybridized carbons (Fsp3) is 0.333. The van der Waals surface area contributed by atoms with Crippen LogP contribution in [-0.2, 0) is 6.42 Å². The molecule has 3 heteroatoms. The Balaban J connectivity index is 1.72. The minimum absolute atomic E-state index is 0.513. The van der Waals surface area contributed by atoms with Gasteiger partial charge in [0.25, 0.3) is 0 Å². The third-order valence-corrected chi connectivity index (χ3v) is 4.59. The predicted octanol–water partition coefficient (Wildman–Crippen LogP) is 3.78. The Bertz CT molecular complexity index is 597. The summed E-state index contributed by atoms with van der Waals surface area (Å²) in [7, 11) is 0. The minimum atomic E-state index is 0.513. The summed E-state index contributed by atoms with van der Waals surface area (Å²) < 4.78 is 1.15. The Morgan fingerprint density at radius 3 is 2.81 bits per heavy atom. The molecule has 0 aliphatic carbocycles. The molecular formula is C18H21BrN2. The number of rotatable bonds is 3. The summed E-state index contributed by atoms with van der Waals surface area (Å²) in [5, 5.41) is 3.65. The molecule has 0 saturated carbocycles. The molecule has 2 aromatic carbocycles. The predicted molar refractivity (Wildman–Crippen MR) is 93.0 cm³/mol. The van der Waals surface area contributed by atoms with Gasteiger partial charge in [-0.2, -0.15) is 0 Å². The largest absolute Gasteiger partial charge is 0.368 e. The maximum absolute atomic E-state index is 3.65. The zero-order valence-electron chi connectivity index (χ0n) is 12.3. The molecule has 21 heavy (non-hydrogen) atoms. The second-order valence-corrected chi connectivity index (χ2v) is 6.63. The van der Waals surface area contributed by atoms with Gasteiger partial charge in [-0.15, -0.1) is 0 Å². The highest BCUT2D eigenvalue weighted by Crippen LogP contribution is 2.25. The molecule has 3 rings (SSSR count). The summed E-state index contributed by atoms with van der Waals surface area (Å²) in [6.45, 7) is 5.37. The van der Waals surface area contributed by atoms with Crippen LogP contribution in [0.1, 0.15) is 11.1 Å². The number of nitrogens with zero attached hydrogens (tertiary/aromatic N) is 1. The molecule has 0 radical (unpaired) electrons. The highest BCUT2D eigenvalue weighted by atomic mass is 79.9. The Hall–Kier alpha value is -1.32. The average molecular weight is 345 g/mol. The van der Waals surface area contributed by atoms with Gasteiger partial charge in [-0.1, -0.05) is 52.3 Å². The second kappa shape index (κ2) is 6.63. The first-order valence-corrected chi connectivity index (χ1v) is 8.30. The number of piperazine rings is 1. The summed E-state index contributed by atoms with van der Waals surface area (Å²) in [5.41, 5.74) is 4.10. The lowest BCUT2D eigenvalue weighted by molar-refractivity contribution is 0.454. The number of hydrogen-bond acceptors (Lipinski definition) is 2. The smallest absolute Gasteiger partial charge is 0.0408 e. The van der Waals surface area contributed by atoms with Gasteiger partial charge in [0.15, 0.2) is 0 Å². The minimum Gasteiger partial charge on any atom is -0.368 e. The van der Waals surface area contributed by atoms with Crippen molar-refractivity contribution in [2.24, 2.45) is 0 Å². The Morgan fingerprint density at radius 1 is 1.19 bits per heavy atom. The van der Waals surface area contributed by atoms with Crippen LogP contribution in [0.3, 0.4) is 0 Å². The van der Waals surface area contributed by atoms with Crippen molar-refractivity contribution in [2.45, 2.75) is 19.4 Å². The Morgan fingerprint density at radius 2 is 2.00 bits per heavy atom. The number of halogens is 1. The molecule has 0 aromatic heterocycles. The van der Waals surface area contributed by atoms with Crippen LogP contribution in [0.15, 0.2) is 53.0 Å². The molecule has 0 spiro atoms. The van der Waals surface area contributed by atoms with E-state index < -0.39 is 0 Å².